The highest BCUT2D eigenvalue weighted by Crippen LogP contribution is 2.17. The summed E-state index contributed by atoms with van der Waals surface area (Å²) in [6.45, 7) is 0.925. The number of nitrogens with one attached hydrogen (secondary N) is 1. The smallest absolute Gasteiger partial charge is 0.156 e. The van der Waals surface area contributed by atoms with Crippen LogP contribution >= 0.6 is 23.5 Å². The second-order valence-electron chi connectivity index (χ2n) is 4.02. The van der Waals surface area contributed by atoms with Gasteiger partial charge in [-0.05, 0) is 18.2 Å². The summed E-state index contributed by atoms with van der Waals surface area (Å²) in [6, 6.07) is 11.2. The predicted octanol–water partition coefficient (Wildman–Crippen LogP) is 2.65. The Bertz CT molecular complexity index is 365. The summed E-state index contributed by atoms with van der Waals surface area (Å²) in [5.41, 5.74) is 1.40. The highest BCUT2D eigenvalue weighted by atomic mass is 32.2. The van der Waals surface area contributed by atoms with Crippen LogP contribution in [0.3, 0.4) is 0 Å². The Hall–Kier alpha value is -0.610. The first-order valence-electron chi connectivity index (χ1n) is 5.85. The number of hydrogen-bond donors (Lipinski definition) is 1. The topological polar surface area (TPSA) is 24.4 Å². The van der Waals surface area contributed by atoms with Crippen molar-refractivity contribution in [3.8, 4) is 0 Å². The third kappa shape index (κ3) is 4.28. The van der Waals surface area contributed by atoms with Crippen LogP contribution in [0.1, 0.15) is 5.56 Å². The summed E-state index contributed by atoms with van der Waals surface area (Å²) >= 11 is 3.69. The fourth-order valence-electron chi connectivity index (χ4n) is 1.78. The molecule has 0 radical (unpaired) electrons. The Morgan fingerprint density at radius 3 is 3.00 bits per heavy atom. The fraction of sp³-hybridized carbons (Fsp3) is 0.462. The molecule has 1 saturated heterocycles. The van der Waals surface area contributed by atoms with Crippen molar-refractivity contribution in [2.75, 3.05) is 24.3 Å². The molecule has 0 amide bonds. The molecule has 2 nitrogen and oxygen atoms in total. The maximum atomic E-state index is 4.55. The maximum absolute atomic E-state index is 4.55. The number of thioether (sulfide) groups is 2. The van der Waals surface area contributed by atoms with E-state index in [0.717, 1.165) is 29.6 Å². The minimum atomic E-state index is 0.537. The molecule has 0 aromatic heterocycles. The molecule has 1 aliphatic rings. The molecule has 0 bridgehead atoms. The van der Waals surface area contributed by atoms with Crippen molar-refractivity contribution in [2.24, 2.45) is 4.99 Å². The SMILES string of the molecule is CSCCN=C1NC(Cc2ccccc2)CS1. The van der Waals surface area contributed by atoms with Crippen molar-refractivity contribution >= 4 is 28.7 Å². The second kappa shape index (κ2) is 6.97. The van der Waals surface area contributed by atoms with Crippen molar-refractivity contribution < 1.29 is 0 Å². The van der Waals surface area contributed by atoms with Crippen LogP contribution < -0.4 is 5.32 Å². The molecule has 1 aliphatic heterocycles. The van der Waals surface area contributed by atoms with Gasteiger partial charge in [-0.2, -0.15) is 11.8 Å². The van der Waals surface area contributed by atoms with E-state index in [1.54, 1.807) is 0 Å². The second-order valence-corrected chi connectivity index (χ2v) is 6.02. The zero-order valence-corrected chi connectivity index (χ0v) is 11.7. The van der Waals surface area contributed by atoms with Crippen LogP contribution in [0.4, 0.5) is 0 Å². The Morgan fingerprint density at radius 1 is 1.41 bits per heavy atom. The molecular formula is C13H18N2S2. The summed E-state index contributed by atoms with van der Waals surface area (Å²) in [7, 11) is 0. The lowest BCUT2D eigenvalue weighted by Crippen LogP contribution is -2.29. The molecule has 1 heterocycles. The number of amidine groups is 1. The van der Waals surface area contributed by atoms with Gasteiger partial charge in [-0.1, -0.05) is 42.1 Å². The number of nitrogens with zero attached hydrogens (tertiary/aromatic N) is 1. The summed E-state index contributed by atoms with van der Waals surface area (Å²) in [5.74, 6) is 2.24. The zero-order chi connectivity index (χ0) is 11.9. The first-order valence-corrected chi connectivity index (χ1v) is 8.23. The largest absolute Gasteiger partial charge is 0.361 e. The van der Waals surface area contributed by atoms with E-state index in [1.165, 1.54) is 5.56 Å². The third-order valence-electron chi connectivity index (χ3n) is 2.62. The first-order chi connectivity index (χ1) is 8.38. The molecule has 92 valence electrons. The minimum absolute atomic E-state index is 0.537. The molecule has 4 heteroatoms. The summed E-state index contributed by atoms with van der Waals surface area (Å²) in [4.78, 5) is 4.55. The Balaban J connectivity index is 1.80. The van der Waals surface area contributed by atoms with Gasteiger partial charge < -0.3 is 5.32 Å². The van der Waals surface area contributed by atoms with E-state index in [0.29, 0.717) is 6.04 Å². The number of hydrogen-bond acceptors (Lipinski definition) is 3. The highest BCUT2D eigenvalue weighted by Gasteiger charge is 2.19. The number of aliphatic imine (C=N–C) groups is 1. The highest BCUT2D eigenvalue weighted by molar-refractivity contribution is 8.14. The molecule has 1 fully saturated rings. The number of rotatable bonds is 5. The molecule has 1 aromatic rings. The van der Waals surface area contributed by atoms with Crippen LogP contribution in [0.15, 0.2) is 35.3 Å². The van der Waals surface area contributed by atoms with Crippen LogP contribution in [0.5, 0.6) is 0 Å². The maximum Gasteiger partial charge on any atom is 0.156 e. The zero-order valence-electron chi connectivity index (χ0n) is 10.1. The molecule has 2 rings (SSSR count). The van der Waals surface area contributed by atoms with Crippen molar-refractivity contribution in [2.45, 2.75) is 12.5 Å². The molecule has 1 unspecified atom stereocenters. The summed E-state index contributed by atoms with van der Waals surface area (Å²) < 4.78 is 0. The third-order valence-corrected chi connectivity index (χ3v) is 4.30. The lowest BCUT2D eigenvalue weighted by Gasteiger charge is -2.09. The van der Waals surface area contributed by atoms with E-state index in [9.17, 15) is 0 Å². The van der Waals surface area contributed by atoms with Crippen LogP contribution in [0.2, 0.25) is 0 Å². The molecule has 1 atom stereocenters. The molecule has 1 N–H and O–H groups in total. The van der Waals surface area contributed by atoms with Crippen LogP contribution in [0.25, 0.3) is 0 Å². The molecule has 0 spiro atoms. The Morgan fingerprint density at radius 2 is 2.24 bits per heavy atom. The lowest BCUT2D eigenvalue weighted by atomic mass is 10.1. The fourth-order valence-corrected chi connectivity index (χ4v) is 3.04. The van der Waals surface area contributed by atoms with E-state index in [4.69, 9.17) is 0 Å². The van der Waals surface area contributed by atoms with Crippen molar-refractivity contribution in [3.63, 3.8) is 0 Å². The molecule has 0 saturated carbocycles. The van der Waals surface area contributed by atoms with Gasteiger partial charge in [-0.25, -0.2) is 0 Å². The van der Waals surface area contributed by atoms with Gasteiger partial charge >= 0.3 is 0 Å². The summed E-state index contributed by atoms with van der Waals surface area (Å²) in [5, 5.41) is 4.63. The van der Waals surface area contributed by atoms with Gasteiger partial charge in [0.25, 0.3) is 0 Å². The van der Waals surface area contributed by atoms with Crippen molar-refractivity contribution in [3.05, 3.63) is 35.9 Å². The molecule has 17 heavy (non-hydrogen) atoms. The van der Waals surface area contributed by atoms with Crippen LogP contribution in [-0.2, 0) is 6.42 Å². The van der Waals surface area contributed by atoms with Gasteiger partial charge in [0.1, 0.15) is 0 Å². The van der Waals surface area contributed by atoms with Gasteiger partial charge in [-0.3, -0.25) is 4.99 Å². The average Bonchev–Trinajstić information content (AvgIpc) is 2.79. The van der Waals surface area contributed by atoms with Crippen molar-refractivity contribution in [1.29, 1.82) is 0 Å². The van der Waals surface area contributed by atoms with E-state index in [2.05, 4.69) is 46.9 Å². The van der Waals surface area contributed by atoms with E-state index in [1.807, 2.05) is 23.5 Å². The Kier molecular flexibility index (Phi) is 5.26. The van der Waals surface area contributed by atoms with E-state index >= 15 is 0 Å². The Labute approximate surface area is 112 Å². The van der Waals surface area contributed by atoms with Crippen molar-refractivity contribution in [1.82, 2.24) is 5.32 Å². The van der Waals surface area contributed by atoms with Gasteiger partial charge in [-0.15, -0.1) is 0 Å². The van der Waals surface area contributed by atoms with E-state index < -0.39 is 0 Å². The standard InChI is InChI=1S/C13H18N2S2/c1-16-8-7-14-13-15-12(10-17-13)9-11-5-3-2-4-6-11/h2-6,12H,7-10H2,1H3,(H,14,15). The van der Waals surface area contributed by atoms with Gasteiger partial charge in [0, 0.05) is 17.5 Å². The van der Waals surface area contributed by atoms with Gasteiger partial charge in [0.2, 0.25) is 0 Å². The lowest BCUT2D eigenvalue weighted by molar-refractivity contribution is 0.687. The normalized spacial score (nSPS) is 21.7. The van der Waals surface area contributed by atoms with Crippen LogP contribution in [0, 0.1) is 0 Å². The van der Waals surface area contributed by atoms with Crippen LogP contribution in [-0.4, -0.2) is 35.5 Å². The average molecular weight is 266 g/mol. The molecular weight excluding hydrogens is 248 g/mol. The van der Waals surface area contributed by atoms with Gasteiger partial charge in [0.15, 0.2) is 5.17 Å². The summed E-state index contributed by atoms with van der Waals surface area (Å²) in [6.07, 6.45) is 3.21. The molecule has 1 aromatic carbocycles. The first kappa shape index (κ1) is 12.8. The predicted molar refractivity (Wildman–Crippen MR) is 80.2 cm³/mol. The minimum Gasteiger partial charge on any atom is -0.361 e. The monoisotopic (exact) mass is 266 g/mol. The molecule has 0 aliphatic carbocycles. The number of benzene rings is 1. The van der Waals surface area contributed by atoms with Gasteiger partial charge in [0.05, 0.1) is 6.54 Å². The quantitative estimate of drug-likeness (QED) is 0.829. The van der Waals surface area contributed by atoms with E-state index in [-0.39, 0.29) is 0 Å².